The fourth-order valence-electron chi connectivity index (χ4n) is 2.72. The number of benzene rings is 2. The van der Waals surface area contributed by atoms with Crippen LogP contribution in [0.4, 0.5) is 4.39 Å². The lowest BCUT2D eigenvalue weighted by Crippen LogP contribution is -2.37. The normalized spacial score (nSPS) is 11.1. The van der Waals surface area contributed by atoms with Gasteiger partial charge < -0.3 is 24.8 Å². The minimum atomic E-state index is -0.226. The molecule has 2 aromatic carbocycles. The van der Waals surface area contributed by atoms with Gasteiger partial charge in [-0.2, -0.15) is 0 Å². The second kappa shape index (κ2) is 10.3. The number of hydrogen-bond donors (Lipinski definition) is 2. The maximum Gasteiger partial charge on any atom is 0.203 e. The average molecular weight is 375 g/mol. The highest BCUT2D eigenvalue weighted by Crippen LogP contribution is 2.39. The molecule has 0 saturated heterocycles. The summed E-state index contributed by atoms with van der Waals surface area (Å²) in [5.74, 6) is 2.18. The maximum atomic E-state index is 13.2. The molecule has 2 rings (SSSR count). The van der Waals surface area contributed by atoms with Crippen LogP contribution < -0.4 is 24.8 Å². The van der Waals surface area contributed by atoms with Crippen LogP contribution in [0.25, 0.3) is 0 Å². The molecular formula is C20H26FN3O3. The van der Waals surface area contributed by atoms with E-state index in [1.54, 1.807) is 34.4 Å². The summed E-state index contributed by atoms with van der Waals surface area (Å²) in [6.07, 6.45) is 0.693. The van der Waals surface area contributed by atoms with Crippen LogP contribution in [-0.2, 0) is 13.0 Å². The van der Waals surface area contributed by atoms with Gasteiger partial charge in [-0.15, -0.1) is 0 Å². The standard InChI is InChI=1S/C20H26FN3O3/c1-22-20(23-11-10-14-6-5-7-16(21)12-14)24-13-15-8-9-17(25-2)19(27-4)18(15)26-3/h5-9,12H,10-11,13H2,1-4H3,(H2,22,23,24). The molecule has 27 heavy (non-hydrogen) atoms. The molecule has 0 radical (unpaired) electrons. The zero-order valence-electron chi connectivity index (χ0n) is 16.1. The molecule has 0 unspecified atom stereocenters. The number of aliphatic imine (C=N–C) groups is 1. The summed E-state index contributed by atoms with van der Waals surface area (Å²) in [6.45, 7) is 1.12. The average Bonchev–Trinajstić information content (AvgIpc) is 2.69. The van der Waals surface area contributed by atoms with Gasteiger partial charge in [0.1, 0.15) is 5.82 Å². The summed E-state index contributed by atoms with van der Waals surface area (Å²) >= 11 is 0. The van der Waals surface area contributed by atoms with Gasteiger partial charge in [0.05, 0.1) is 21.3 Å². The van der Waals surface area contributed by atoms with Crippen LogP contribution in [-0.4, -0.2) is 40.9 Å². The minimum Gasteiger partial charge on any atom is -0.493 e. The zero-order chi connectivity index (χ0) is 19.6. The third kappa shape index (κ3) is 5.51. The lowest BCUT2D eigenvalue weighted by atomic mass is 10.1. The zero-order valence-corrected chi connectivity index (χ0v) is 16.1. The van der Waals surface area contributed by atoms with Crippen molar-refractivity contribution in [3.8, 4) is 17.2 Å². The molecule has 0 heterocycles. The number of ether oxygens (including phenoxy) is 3. The fraction of sp³-hybridized carbons (Fsp3) is 0.350. The van der Waals surface area contributed by atoms with Crippen LogP contribution in [0.15, 0.2) is 41.4 Å². The van der Waals surface area contributed by atoms with Gasteiger partial charge >= 0.3 is 0 Å². The Kier molecular flexibility index (Phi) is 7.73. The van der Waals surface area contributed by atoms with Gasteiger partial charge in [-0.1, -0.05) is 12.1 Å². The van der Waals surface area contributed by atoms with Crippen LogP contribution >= 0.6 is 0 Å². The molecular weight excluding hydrogens is 349 g/mol. The molecule has 2 aromatic rings. The van der Waals surface area contributed by atoms with E-state index >= 15 is 0 Å². The molecule has 0 atom stereocenters. The summed E-state index contributed by atoms with van der Waals surface area (Å²) in [6, 6.07) is 10.3. The number of nitrogens with one attached hydrogen (secondary N) is 2. The summed E-state index contributed by atoms with van der Waals surface area (Å²) in [5, 5.41) is 6.45. The summed E-state index contributed by atoms with van der Waals surface area (Å²) in [4.78, 5) is 4.21. The molecule has 0 aromatic heterocycles. The molecule has 0 bridgehead atoms. The Morgan fingerprint density at radius 3 is 2.41 bits per heavy atom. The minimum absolute atomic E-state index is 0.226. The van der Waals surface area contributed by atoms with Gasteiger partial charge in [0.25, 0.3) is 0 Å². The van der Waals surface area contributed by atoms with Crippen LogP contribution in [0, 0.1) is 5.82 Å². The first kappa shape index (κ1) is 20.4. The van der Waals surface area contributed by atoms with E-state index in [-0.39, 0.29) is 5.82 Å². The van der Waals surface area contributed by atoms with Crippen molar-refractivity contribution in [2.24, 2.45) is 4.99 Å². The first-order valence-electron chi connectivity index (χ1n) is 8.59. The monoisotopic (exact) mass is 375 g/mol. The summed E-state index contributed by atoms with van der Waals surface area (Å²) < 4.78 is 29.4. The second-order valence-corrected chi connectivity index (χ2v) is 5.73. The smallest absolute Gasteiger partial charge is 0.203 e. The van der Waals surface area contributed by atoms with Crippen molar-refractivity contribution in [1.29, 1.82) is 0 Å². The highest BCUT2D eigenvalue weighted by molar-refractivity contribution is 5.79. The second-order valence-electron chi connectivity index (χ2n) is 5.73. The van der Waals surface area contributed by atoms with Crippen molar-refractivity contribution >= 4 is 5.96 Å². The van der Waals surface area contributed by atoms with Crippen LogP contribution in [0.2, 0.25) is 0 Å². The Balaban J connectivity index is 1.95. The summed E-state index contributed by atoms with van der Waals surface area (Å²) in [5.41, 5.74) is 1.84. The van der Waals surface area contributed by atoms with E-state index in [4.69, 9.17) is 14.2 Å². The topological polar surface area (TPSA) is 64.1 Å². The molecule has 0 aliphatic carbocycles. The lowest BCUT2D eigenvalue weighted by Gasteiger charge is -2.17. The van der Waals surface area contributed by atoms with Crippen molar-refractivity contribution in [3.63, 3.8) is 0 Å². The van der Waals surface area contributed by atoms with Gasteiger partial charge in [-0.05, 0) is 36.2 Å². The van der Waals surface area contributed by atoms with Crippen molar-refractivity contribution in [2.45, 2.75) is 13.0 Å². The Morgan fingerprint density at radius 2 is 1.78 bits per heavy atom. The third-order valence-electron chi connectivity index (χ3n) is 4.05. The van der Waals surface area contributed by atoms with Gasteiger partial charge in [-0.25, -0.2) is 4.39 Å². The molecule has 0 fully saturated rings. The molecule has 0 saturated carbocycles. The maximum absolute atomic E-state index is 13.2. The number of nitrogens with zero attached hydrogens (tertiary/aromatic N) is 1. The van der Waals surface area contributed by atoms with Crippen LogP contribution in [0.1, 0.15) is 11.1 Å². The molecule has 146 valence electrons. The van der Waals surface area contributed by atoms with E-state index in [1.165, 1.54) is 12.1 Å². The lowest BCUT2D eigenvalue weighted by molar-refractivity contribution is 0.322. The van der Waals surface area contributed by atoms with E-state index in [0.717, 1.165) is 11.1 Å². The predicted molar refractivity (Wildman–Crippen MR) is 104 cm³/mol. The molecule has 2 N–H and O–H groups in total. The molecule has 0 spiro atoms. The highest BCUT2D eigenvalue weighted by atomic mass is 19.1. The Hall–Kier alpha value is -2.96. The molecule has 0 aliphatic heterocycles. The van der Waals surface area contributed by atoms with Crippen molar-refractivity contribution in [2.75, 3.05) is 34.9 Å². The van der Waals surface area contributed by atoms with E-state index in [9.17, 15) is 4.39 Å². The van der Waals surface area contributed by atoms with Gasteiger partial charge in [0.15, 0.2) is 17.5 Å². The quantitative estimate of drug-likeness (QED) is 0.549. The third-order valence-corrected chi connectivity index (χ3v) is 4.05. The Labute approximate surface area is 159 Å². The highest BCUT2D eigenvalue weighted by Gasteiger charge is 2.15. The SMILES string of the molecule is CN=C(NCCc1cccc(F)c1)NCc1ccc(OC)c(OC)c1OC. The van der Waals surface area contributed by atoms with Crippen molar-refractivity contribution < 1.29 is 18.6 Å². The molecule has 0 aliphatic rings. The molecule has 7 heteroatoms. The number of hydrogen-bond acceptors (Lipinski definition) is 4. The van der Waals surface area contributed by atoms with Gasteiger partial charge in [0.2, 0.25) is 5.75 Å². The predicted octanol–water partition coefficient (Wildman–Crippen LogP) is 2.76. The van der Waals surface area contributed by atoms with E-state index in [0.29, 0.717) is 42.7 Å². The molecule has 0 amide bonds. The molecule has 6 nitrogen and oxygen atoms in total. The number of methoxy groups -OCH3 is 3. The van der Waals surface area contributed by atoms with Gasteiger partial charge in [-0.3, -0.25) is 4.99 Å². The largest absolute Gasteiger partial charge is 0.493 e. The van der Waals surface area contributed by atoms with Crippen LogP contribution in [0.3, 0.4) is 0 Å². The van der Waals surface area contributed by atoms with E-state index < -0.39 is 0 Å². The Morgan fingerprint density at radius 1 is 1.00 bits per heavy atom. The van der Waals surface area contributed by atoms with Crippen LogP contribution in [0.5, 0.6) is 17.2 Å². The first-order chi connectivity index (χ1) is 13.1. The van der Waals surface area contributed by atoms with Crippen molar-refractivity contribution in [1.82, 2.24) is 10.6 Å². The van der Waals surface area contributed by atoms with Gasteiger partial charge in [0, 0.05) is 25.7 Å². The number of guanidine groups is 1. The fourth-order valence-corrected chi connectivity index (χ4v) is 2.72. The van der Waals surface area contributed by atoms with E-state index in [1.807, 2.05) is 18.2 Å². The summed E-state index contributed by atoms with van der Waals surface area (Å²) in [7, 11) is 6.44. The number of halogens is 1. The number of rotatable bonds is 8. The van der Waals surface area contributed by atoms with Crippen molar-refractivity contribution in [3.05, 3.63) is 53.3 Å². The van der Waals surface area contributed by atoms with E-state index in [2.05, 4.69) is 15.6 Å². The Bertz CT molecular complexity index is 781. The first-order valence-corrected chi connectivity index (χ1v) is 8.59.